The number of benzene rings is 3. The minimum Gasteiger partial charge on any atom is -0.322 e. The topological polar surface area (TPSA) is 66.5 Å². The van der Waals surface area contributed by atoms with Gasteiger partial charge in [0.15, 0.2) is 0 Å². The number of amides is 1. The molecular weight excluding hydrogens is 384 g/mol. The van der Waals surface area contributed by atoms with E-state index in [9.17, 15) is 13.2 Å². The molecule has 0 aliphatic carbocycles. The number of carbonyl (C=O) groups is 1. The molecule has 0 fully saturated rings. The zero-order valence-corrected chi connectivity index (χ0v) is 16.9. The number of anilines is 2. The third-order valence-corrected chi connectivity index (χ3v) is 6.89. The number of fused-ring (bicyclic) bond motifs is 1. The molecular formula is C23H22N2O3S. The molecule has 0 atom stereocenters. The summed E-state index contributed by atoms with van der Waals surface area (Å²) in [5.74, 6) is -0.224. The lowest BCUT2D eigenvalue weighted by Crippen LogP contribution is -2.35. The van der Waals surface area contributed by atoms with Crippen LogP contribution in [0.3, 0.4) is 0 Å². The average Bonchev–Trinajstić information content (AvgIpc) is 2.74. The molecule has 1 amide bonds. The molecule has 0 radical (unpaired) electrons. The average molecular weight is 407 g/mol. The molecule has 0 unspecified atom stereocenters. The number of aryl methyl sites for hydroxylation is 2. The summed E-state index contributed by atoms with van der Waals surface area (Å²) in [5, 5.41) is 2.88. The molecule has 1 aliphatic rings. The van der Waals surface area contributed by atoms with E-state index >= 15 is 0 Å². The summed E-state index contributed by atoms with van der Waals surface area (Å²) in [6.45, 7) is 2.38. The van der Waals surface area contributed by atoms with E-state index in [1.54, 1.807) is 48.5 Å². The highest BCUT2D eigenvalue weighted by atomic mass is 32.2. The van der Waals surface area contributed by atoms with Gasteiger partial charge in [-0.15, -0.1) is 0 Å². The van der Waals surface area contributed by atoms with Crippen LogP contribution in [-0.4, -0.2) is 20.9 Å². The molecule has 0 spiro atoms. The third kappa shape index (κ3) is 3.89. The fourth-order valence-electron chi connectivity index (χ4n) is 3.50. The molecule has 0 aromatic heterocycles. The Balaban J connectivity index is 1.65. The Labute approximate surface area is 171 Å². The summed E-state index contributed by atoms with van der Waals surface area (Å²) in [6.07, 6.45) is 1.57. The van der Waals surface area contributed by atoms with Crippen molar-refractivity contribution in [2.45, 2.75) is 24.7 Å². The zero-order chi connectivity index (χ0) is 20.4. The number of hydrogen-bond acceptors (Lipinski definition) is 3. The lowest BCUT2D eigenvalue weighted by atomic mass is 10.0. The van der Waals surface area contributed by atoms with Crippen LogP contribution in [0.25, 0.3) is 0 Å². The van der Waals surface area contributed by atoms with Gasteiger partial charge in [0.1, 0.15) is 0 Å². The Morgan fingerprint density at radius 2 is 1.69 bits per heavy atom. The molecule has 148 valence electrons. The zero-order valence-electron chi connectivity index (χ0n) is 16.1. The van der Waals surface area contributed by atoms with Crippen molar-refractivity contribution in [2.75, 3.05) is 16.2 Å². The van der Waals surface area contributed by atoms with Gasteiger partial charge in [-0.05, 0) is 61.7 Å². The second kappa shape index (κ2) is 7.72. The maximum Gasteiger partial charge on any atom is 0.264 e. The van der Waals surface area contributed by atoms with Gasteiger partial charge in [0, 0.05) is 17.8 Å². The molecule has 29 heavy (non-hydrogen) atoms. The predicted octanol–water partition coefficient (Wildman–Crippen LogP) is 4.39. The van der Waals surface area contributed by atoms with Gasteiger partial charge in [-0.25, -0.2) is 8.42 Å². The fraction of sp³-hybridized carbons (Fsp3) is 0.174. The van der Waals surface area contributed by atoms with Crippen LogP contribution in [0.1, 0.15) is 27.9 Å². The number of carbonyl (C=O) groups excluding carboxylic acids is 1. The minimum atomic E-state index is -3.66. The number of rotatable bonds is 4. The van der Waals surface area contributed by atoms with Crippen molar-refractivity contribution < 1.29 is 13.2 Å². The van der Waals surface area contributed by atoms with Crippen molar-refractivity contribution in [3.05, 3.63) is 89.5 Å². The normalized spacial score (nSPS) is 13.6. The van der Waals surface area contributed by atoms with Crippen molar-refractivity contribution in [3.63, 3.8) is 0 Å². The highest BCUT2D eigenvalue weighted by Crippen LogP contribution is 2.34. The molecule has 6 heteroatoms. The van der Waals surface area contributed by atoms with Crippen LogP contribution in [0.5, 0.6) is 0 Å². The Hall–Kier alpha value is -3.12. The standard InChI is InChI=1S/C23H22N2O3S/c1-17-9-11-19(12-10-17)23(26)24-20-14-13-18-6-5-15-25(22(18)16-20)29(27,28)21-7-3-2-4-8-21/h2-4,7-14,16H,5-6,15H2,1H3,(H,24,26). The highest BCUT2D eigenvalue weighted by Gasteiger charge is 2.29. The molecule has 0 saturated carbocycles. The number of nitrogens with one attached hydrogen (secondary N) is 1. The summed E-state index contributed by atoms with van der Waals surface area (Å²) in [5.41, 5.74) is 3.80. The van der Waals surface area contributed by atoms with E-state index in [0.29, 0.717) is 23.5 Å². The van der Waals surface area contributed by atoms with Gasteiger partial charge in [0.25, 0.3) is 15.9 Å². The van der Waals surface area contributed by atoms with Crippen LogP contribution in [-0.2, 0) is 16.4 Å². The molecule has 4 rings (SSSR count). The third-order valence-electron chi connectivity index (χ3n) is 5.06. The molecule has 0 bridgehead atoms. The number of sulfonamides is 1. The molecule has 1 aliphatic heterocycles. The van der Waals surface area contributed by atoms with Gasteiger partial charge in [0.2, 0.25) is 0 Å². The summed E-state index contributed by atoms with van der Waals surface area (Å²) in [7, 11) is -3.66. The quantitative estimate of drug-likeness (QED) is 0.699. The molecule has 1 N–H and O–H groups in total. The van der Waals surface area contributed by atoms with Gasteiger partial charge < -0.3 is 5.32 Å². The van der Waals surface area contributed by atoms with Crippen LogP contribution in [0.4, 0.5) is 11.4 Å². The summed E-state index contributed by atoms with van der Waals surface area (Å²) >= 11 is 0. The van der Waals surface area contributed by atoms with Crippen molar-refractivity contribution in [1.29, 1.82) is 0 Å². The van der Waals surface area contributed by atoms with Gasteiger partial charge in [-0.2, -0.15) is 0 Å². The van der Waals surface area contributed by atoms with Crippen molar-refractivity contribution in [2.24, 2.45) is 0 Å². The predicted molar refractivity (Wildman–Crippen MR) is 115 cm³/mol. The molecule has 5 nitrogen and oxygen atoms in total. The minimum absolute atomic E-state index is 0.224. The first kappa shape index (κ1) is 19.2. The molecule has 0 saturated heterocycles. The largest absolute Gasteiger partial charge is 0.322 e. The van der Waals surface area contributed by atoms with E-state index in [4.69, 9.17) is 0 Å². The number of nitrogens with zero attached hydrogens (tertiary/aromatic N) is 1. The maximum absolute atomic E-state index is 13.2. The lowest BCUT2D eigenvalue weighted by Gasteiger charge is -2.31. The van der Waals surface area contributed by atoms with Gasteiger partial charge >= 0.3 is 0 Å². The molecule has 3 aromatic carbocycles. The van der Waals surface area contributed by atoms with Crippen LogP contribution in [0.2, 0.25) is 0 Å². The fourth-order valence-corrected chi connectivity index (χ4v) is 5.05. The van der Waals surface area contributed by atoms with Crippen LogP contribution in [0.15, 0.2) is 77.7 Å². The van der Waals surface area contributed by atoms with E-state index < -0.39 is 10.0 Å². The van der Waals surface area contributed by atoms with E-state index in [-0.39, 0.29) is 10.8 Å². The van der Waals surface area contributed by atoms with Crippen LogP contribution in [0, 0.1) is 6.92 Å². The Morgan fingerprint density at radius 3 is 2.41 bits per heavy atom. The smallest absolute Gasteiger partial charge is 0.264 e. The summed E-state index contributed by atoms with van der Waals surface area (Å²) in [4.78, 5) is 12.8. The Bertz CT molecular complexity index is 1140. The summed E-state index contributed by atoms with van der Waals surface area (Å²) in [6, 6.07) is 21.2. The van der Waals surface area contributed by atoms with E-state index in [1.807, 2.05) is 31.2 Å². The lowest BCUT2D eigenvalue weighted by molar-refractivity contribution is 0.102. The van der Waals surface area contributed by atoms with E-state index in [0.717, 1.165) is 24.0 Å². The first-order chi connectivity index (χ1) is 13.9. The maximum atomic E-state index is 13.2. The van der Waals surface area contributed by atoms with Gasteiger partial charge in [-0.3, -0.25) is 9.10 Å². The molecule has 3 aromatic rings. The number of hydrogen-bond donors (Lipinski definition) is 1. The van der Waals surface area contributed by atoms with Crippen LogP contribution < -0.4 is 9.62 Å². The van der Waals surface area contributed by atoms with E-state index in [1.165, 1.54) is 4.31 Å². The van der Waals surface area contributed by atoms with Crippen molar-refractivity contribution >= 4 is 27.3 Å². The van der Waals surface area contributed by atoms with Crippen molar-refractivity contribution in [1.82, 2.24) is 0 Å². The van der Waals surface area contributed by atoms with Gasteiger partial charge in [0.05, 0.1) is 10.6 Å². The van der Waals surface area contributed by atoms with Gasteiger partial charge in [-0.1, -0.05) is 42.0 Å². The van der Waals surface area contributed by atoms with Crippen molar-refractivity contribution in [3.8, 4) is 0 Å². The molecule has 1 heterocycles. The first-order valence-corrected chi connectivity index (χ1v) is 11.0. The highest BCUT2D eigenvalue weighted by molar-refractivity contribution is 7.92. The van der Waals surface area contributed by atoms with E-state index in [2.05, 4.69) is 5.32 Å². The second-order valence-electron chi connectivity index (χ2n) is 7.16. The Kier molecular flexibility index (Phi) is 5.11. The second-order valence-corrected chi connectivity index (χ2v) is 9.02. The van der Waals surface area contributed by atoms with Crippen LogP contribution >= 0.6 is 0 Å². The monoisotopic (exact) mass is 406 g/mol. The Morgan fingerprint density at radius 1 is 0.966 bits per heavy atom. The SMILES string of the molecule is Cc1ccc(C(=O)Nc2ccc3c(c2)N(S(=O)(=O)c2ccccc2)CCC3)cc1. The first-order valence-electron chi connectivity index (χ1n) is 9.54. The summed E-state index contributed by atoms with van der Waals surface area (Å²) < 4.78 is 27.8.